The molecule has 0 aliphatic carbocycles. The van der Waals surface area contributed by atoms with Crippen molar-refractivity contribution in [3.8, 4) is 11.4 Å². The van der Waals surface area contributed by atoms with E-state index in [0.717, 1.165) is 16.1 Å². The van der Waals surface area contributed by atoms with Crippen molar-refractivity contribution in [3.05, 3.63) is 72.1 Å². The molecule has 0 spiro atoms. The minimum absolute atomic E-state index is 0.0552. The fourth-order valence-electron chi connectivity index (χ4n) is 2.85. The average molecular weight is 414 g/mol. The van der Waals surface area contributed by atoms with Crippen LogP contribution in [-0.2, 0) is 21.4 Å². The third kappa shape index (κ3) is 4.87. The molecule has 1 amide bonds. The Labute approximate surface area is 169 Å². The maximum atomic E-state index is 13.1. The highest BCUT2D eigenvalue weighted by molar-refractivity contribution is 7.88. The average Bonchev–Trinajstić information content (AvgIpc) is 3.17. The van der Waals surface area contributed by atoms with Gasteiger partial charge in [0.15, 0.2) is 0 Å². The SMILES string of the molecule is CN(Cc1nc(-c2ccccc2)no1)C(=O)C(c1ccccc1)N(C)S(C)(=O)=O. The van der Waals surface area contributed by atoms with Crippen LogP contribution >= 0.6 is 0 Å². The molecule has 1 unspecified atom stereocenters. The van der Waals surface area contributed by atoms with Crippen LogP contribution in [0.25, 0.3) is 11.4 Å². The Morgan fingerprint density at radius 1 is 1.03 bits per heavy atom. The molecule has 0 N–H and O–H groups in total. The van der Waals surface area contributed by atoms with Crippen LogP contribution in [0.3, 0.4) is 0 Å². The van der Waals surface area contributed by atoms with Crippen molar-refractivity contribution in [3.63, 3.8) is 0 Å². The lowest BCUT2D eigenvalue weighted by atomic mass is 10.1. The third-order valence-corrected chi connectivity index (χ3v) is 5.74. The second kappa shape index (κ2) is 8.54. The van der Waals surface area contributed by atoms with E-state index in [0.29, 0.717) is 11.4 Å². The Balaban J connectivity index is 1.82. The first-order valence-corrected chi connectivity index (χ1v) is 10.7. The molecule has 0 aliphatic rings. The molecule has 0 aliphatic heterocycles. The largest absolute Gasteiger partial charge is 0.337 e. The van der Waals surface area contributed by atoms with E-state index in [-0.39, 0.29) is 12.4 Å². The molecule has 9 heteroatoms. The van der Waals surface area contributed by atoms with Crippen molar-refractivity contribution in [2.75, 3.05) is 20.4 Å². The van der Waals surface area contributed by atoms with Crippen molar-refractivity contribution >= 4 is 15.9 Å². The fourth-order valence-corrected chi connectivity index (χ4v) is 3.44. The Kier molecular flexibility index (Phi) is 6.09. The molecular weight excluding hydrogens is 392 g/mol. The van der Waals surface area contributed by atoms with Crippen LogP contribution in [0.4, 0.5) is 0 Å². The standard InChI is InChI=1S/C20H22N4O4S/c1-23(14-17-21-19(22-28-17)16-12-8-5-9-13-16)20(25)18(24(2)29(3,26)27)15-10-6-4-7-11-15/h4-13,18H,14H2,1-3H3. The number of hydrogen-bond donors (Lipinski definition) is 0. The van der Waals surface area contributed by atoms with E-state index in [1.165, 1.54) is 11.9 Å². The first-order chi connectivity index (χ1) is 13.8. The van der Waals surface area contributed by atoms with Crippen molar-refractivity contribution in [1.29, 1.82) is 0 Å². The van der Waals surface area contributed by atoms with E-state index < -0.39 is 22.0 Å². The first kappa shape index (κ1) is 20.7. The number of nitrogens with zero attached hydrogens (tertiary/aromatic N) is 4. The number of sulfonamides is 1. The minimum atomic E-state index is -3.60. The summed E-state index contributed by atoms with van der Waals surface area (Å²) in [5.41, 5.74) is 1.38. The number of likely N-dealkylation sites (N-methyl/N-ethyl adjacent to an activating group) is 2. The molecule has 1 atom stereocenters. The van der Waals surface area contributed by atoms with Gasteiger partial charge >= 0.3 is 0 Å². The summed E-state index contributed by atoms with van der Waals surface area (Å²) in [4.78, 5) is 18.8. The molecule has 8 nitrogen and oxygen atoms in total. The zero-order valence-corrected chi connectivity index (χ0v) is 17.2. The summed E-state index contributed by atoms with van der Waals surface area (Å²) in [6, 6.07) is 17.1. The number of carbonyl (C=O) groups is 1. The molecule has 1 aromatic heterocycles. The number of aromatic nitrogens is 2. The van der Waals surface area contributed by atoms with Gasteiger partial charge in [0.05, 0.1) is 12.8 Å². The van der Waals surface area contributed by atoms with Crippen molar-refractivity contribution in [2.45, 2.75) is 12.6 Å². The maximum Gasteiger partial charge on any atom is 0.246 e. The predicted octanol–water partition coefficient (Wildman–Crippen LogP) is 2.33. The molecule has 0 saturated carbocycles. The number of benzene rings is 2. The van der Waals surface area contributed by atoms with Crippen LogP contribution in [0.5, 0.6) is 0 Å². The van der Waals surface area contributed by atoms with Crippen LogP contribution in [0, 0.1) is 0 Å². The lowest BCUT2D eigenvalue weighted by molar-refractivity contribution is -0.134. The molecule has 3 aromatic rings. The Bertz CT molecular complexity index is 1070. The zero-order chi connectivity index (χ0) is 21.0. The van der Waals surface area contributed by atoms with Gasteiger partial charge in [-0.3, -0.25) is 4.79 Å². The van der Waals surface area contributed by atoms with Gasteiger partial charge in [0, 0.05) is 19.7 Å². The summed E-state index contributed by atoms with van der Waals surface area (Å²) in [6.07, 6.45) is 1.07. The summed E-state index contributed by atoms with van der Waals surface area (Å²) in [6.45, 7) is 0.0552. The third-order valence-electron chi connectivity index (χ3n) is 4.48. The number of rotatable bonds is 7. The number of carbonyl (C=O) groups excluding carboxylic acids is 1. The lowest BCUT2D eigenvalue weighted by Crippen LogP contribution is -2.41. The lowest BCUT2D eigenvalue weighted by Gasteiger charge is -2.29. The number of hydrogen-bond acceptors (Lipinski definition) is 6. The van der Waals surface area contributed by atoms with Crippen LogP contribution < -0.4 is 0 Å². The van der Waals surface area contributed by atoms with Crippen molar-refractivity contribution < 1.29 is 17.7 Å². The van der Waals surface area contributed by atoms with Crippen LogP contribution in [0.15, 0.2) is 65.2 Å². The van der Waals surface area contributed by atoms with Gasteiger partial charge in [0.2, 0.25) is 27.6 Å². The maximum absolute atomic E-state index is 13.1. The normalized spacial score (nSPS) is 12.7. The summed E-state index contributed by atoms with van der Waals surface area (Å²) in [5.74, 6) is 0.284. The van der Waals surface area contributed by atoms with Gasteiger partial charge in [-0.2, -0.15) is 9.29 Å². The van der Waals surface area contributed by atoms with E-state index in [1.807, 2.05) is 30.3 Å². The van der Waals surface area contributed by atoms with Crippen LogP contribution in [0.2, 0.25) is 0 Å². The zero-order valence-electron chi connectivity index (χ0n) is 16.4. The van der Waals surface area contributed by atoms with E-state index in [4.69, 9.17) is 4.52 Å². The Morgan fingerprint density at radius 3 is 2.21 bits per heavy atom. The monoisotopic (exact) mass is 414 g/mol. The van der Waals surface area contributed by atoms with E-state index in [2.05, 4.69) is 10.1 Å². The molecule has 152 valence electrons. The van der Waals surface area contributed by atoms with Gasteiger partial charge in [0.25, 0.3) is 0 Å². The summed E-state index contributed by atoms with van der Waals surface area (Å²) < 4.78 is 30.5. The molecule has 0 saturated heterocycles. The van der Waals surface area contributed by atoms with Crippen LogP contribution in [0.1, 0.15) is 17.5 Å². The minimum Gasteiger partial charge on any atom is -0.337 e. The predicted molar refractivity (Wildman–Crippen MR) is 108 cm³/mol. The molecule has 3 rings (SSSR count). The summed E-state index contributed by atoms with van der Waals surface area (Å²) in [5, 5.41) is 3.95. The second-order valence-corrected chi connectivity index (χ2v) is 8.71. The fraction of sp³-hybridized carbons (Fsp3) is 0.250. The highest BCUT2D eigenvalue weighted by Crippen LogP contribution is 2.24. The van der Waals surface area contributed by atoms with Gasteiger partial charge in [-0.25, -0.2) is 8.42 Å². The molecule has 2 aromatic carbocycles. The van der Waals surface area contributed by atoms with Gasteiger partial charge in [-0.1, -0.05) is 65.8 Å². The Morgan fingerprint density at radius 2 is 1.62 bits per heavy atom. The Hall–Kier alpha value is -3.04. The second-order valence-electron chi connectivity index (χ2n) is 6.66. The molecule has 1 heterocycles. The van der Waals surface area contributed by atoms with Gasteiger partial charge in [0.1, 0.15) is 6.04 Å². The number of amides is 1. The summed E-state index contributed by atoms with van der Waals surface area (Å²) >= 11 is 0. The smallest absolute Gasteiger partial charge is 0.246 e. The van der Waals surface area contributed by atoms with Crippen molar-refractivity contribution in [1.82, 2.24) is 19.3 Å². The molecule has 29 heavy (non-hydrogen) atoms. The molecule has 0 fully saturated rings. The molecule has 0 bridgehead atoms. The summed E-state index contributed by atoms with van der Waals surface area (Å²) in [7, 11) is -0.641. The van der Waals surface area contributed by atoms with E-state index >= 15 is 0 Å². The topological polar surface area (TPSA) is 96.6 Å². The van der Waals surface area contributed by atoms with Crippen LogP contribution in [-0.4, -0.2) is 54.0 Å². The van der Waals surface area contributed by atoms with Gasteiger partial charge < -0.3 is 9.42 Å². The van der Waals surface area contributed by atoms with E-state index in [9.17, 15) is 13.2 Å². The van der Waals surface area contributed by atoms with Gasteiger partial charge in [-0.15, -0.1) is 0 Å². The highest BCUT2D eigenvalue weighted by atomic mass is 32.2. The highest BCUT2D eigenvalue weighted by Gasteiger charge is 2.33. The molecular formula is C20H22N4O4S. The van der Waals surface area contributed by atoms with Gasteiger partial charge in [-0.05, 0) is 5.56 Å². The first-order valence-electron chi connectivity index (χ1n) is 8.88. The van der Waals surface area contributed by atoms with E-state index in [1.54, 1.807) is 37.4 Å². The van der Waals surface area contributed by atoms with Crippen molar-refractivity contribution in [2.24, 2.45) is 0 Å². The molecule has 0 radical (unpaired) electrons. The quantitative estimate of drug-likeness (QED) is 0.589.